The Morgan fingerprint density at radius 2 is 1.01 bits per heavy atom. The average molecular weight is 1150 g/mol. The number of hydrogen-bond donors (Lipinski definition) is 9. The highest BCUT2D eigenvalue weighted by Crippen LogP contribution is 2.44. The van der Waals surface area contributed by atoms with Crippen LogP contribution >= 0.6 is 7.82 Å². The first-order valence-electron chi connectivity index (χ1n) is 31.5. The molecule has 19 heteroatoms. The van der Waals surface area contributed by atoms with Gasteiger partial charge in [-0.1, -0.05) is 219 Å². The van der Waals surface area contributed by atoms with Gasteiger partial charge in [0.05, 0.1) is 53.1 Å². The second-order valence-electron chi connectivity index (χ2n) is 24.2. The SMILES string of the molecule is CCCCCCCCCCCCCCCCCCCCCCCC(=O)N[C@@H](CO[C@@H]1O[C@H](CO[C@@H]2O[C@H](COP(=O)(O)OCC[N+](C)(C)C)[C@H](O)[C@H](O)[C@H]2O)[C@H](O)[C@H](O)[C@H]1O)[C@H](O)/C=C/CCCCCCCCCC(C)CCC. The number of allylic oxidation sites excluding steroid dienone is 1. The molecule has 0 aromatic carbocycles. The average Bonchev–Trinajstić information content (AvgIpc) is 3.41. The number of nitrogens with one attached hydrogen (secondary N) is 1. The lowest BCUT2D eigenvalue weighted by molar-refractivity contribution is -0.870. The number of nitrogens with zero attached hydrogens (tertiary/aromatic N) is 1. The number of carbonyl (C=O) groups excluding carboxylic acids is 1. The smallest absolute Gasteiger partial charge is 0.387 e. The number of rotatable bonds is 50. The van der Waals surface area contributed by atoms with Crippen LogP contribution in [0.3, 0.4) is 0 Å². The number of hydrogen-bond acceptors (Lipinski definition) is 15. The number of ether oxygens (including phenoxy) is 4. The van der Waals surface area contributed by atoms with E-state index in [1.807, 2.05) is 27.2 Å². The van der Waals surface area contributed by atoms with E-state index in [4.69, 9.17) is 28.0 Å². The highest BCUT2D eigenvalue weighted by atomic mass is 31.2. The number of likely N-dealkylation sites (N-methyl/N-ethyl adjacent to an activating group) is 1. The van der Waals surface area contributed by atoms with E-state index in [0.29, 0.717) is 17.4 Å². The van der Waals surface area contributed by atoms with Gasteiger partial charge >= 0.3 is 7.82 Å². The van der Waals surface area contributed by atoms with Gasteiger partial charge in [0.15, 0.2) is 12.6 Å². The highest BCUT2D eigenvalue weighted by molar-refractivity contribution is 7.47. The standard InChI is InChI=1S/C60H117N2O16P/c1-7-9-10-11-12-13-14-15-16-17-18-19-20-21-22-23-24-28-31-34-37-41-52(64)61-48(49(63)40-36-33-30-27-25-26-29-32-35-39-47(3)38-8-2)44-73-59-57(69)55(67)53(65)50(77-59)45-74-60-58(70)56(68)54(66)51(78-60)46-76-79(71,72)75-43-42-62(4,5)6/h36,40,47-51,53-60,63,65-70H,7-35,37-39,41-46H2,1-6H3,(H-,61,64,71,72)/p+1/b40-36+/t47?,48-,49+,50+,51+,53-,54-,55-,56-,57+,58+,59+,60+/m0/s1. The molecule has 2 aliphatic rings. The summed E-state index contributed by atoms with van der Waals surface area (Å²) in [5, 5.41) is 78.9. The molecule has 14 atom stereocenters. The zero-order valence-electron chi connectivity index (χ0n) is 50.3. The van der Waals surface area contributed by atoms with Crippen molar-refractivity contribution in [2.24, 2.45) is 5.92 Å². The van der Waals surface area contributed by atoms with Crippen molar-refractivity contribution in [3.63, 3.8) is 0 Å². The number of aliphatic hydroxyl groups is 7. The molecule has 468 valence electrons. The van der Waals surface area contributed by atoms with Crippen LogP contribution in [0.4, 0.5) is 0 Å². The van der Waals surface area contributed by atoms with Crippen LogP contribution in [0.1, 0.15) is 233 Å². The molecule has 2 unspecified atom stereocenters. The summed E-state index contributed by atoms with van der Waals surface area (Å²) in [6.07, 6.45) is 25.2. The number of phosphoric acid groups is 1. The molecular weight excluding hydrogens is 1040 g/mol. The highest BCUT2D eigenvalue weighted by Gasteiger charge is 2.48. The fourth-order valence-electron chi connectivity index (χ4n) is 10.3. The number of amides is 1. The minimum Gasteiger partial charge on any atom is -0.387 e. The Hall–Kier alpha value is -1.16. The quantitative estimate of drug-likeness (QED) is 0.0119. The molecular formula is C60H118N2O16P+. The second kappa shape index (κ2) is 44.3. The summed E-state index contributed by atoms with van der Waals surface area (Å²) in [6, 6.07) is -0.955. The van der Waals surface area contributed by atoms with Gasteiger partial charge in [0.25, 0.3) is 0 Å². The third-order valence-electron chi connectivity index (χ3n) is 15.6. The molecule has 2 saturated heterocycles. The maximum atomic E-state index is 13.3. The van der Waals surface area contributed by atoms with Crippen LogP contribution in [0.5, 0.6) is 0 Å². The second-order valence-corrected chi connectivity index (χ2v) is 25.6. The van der Waals surface area contributed by atoms with Crippen molar-refractivity contribution in [1.29, 1.82) is 0 Å². The largest absolute Gasteiger partial charge is 0.472 e. The maximum Gasteiger partial charge on any atom is 0.472 e. The summed E-state index contributed by atoms with van der Waals surface area (Å²) in [6.45, 7) is 5.46. The first kappa shape index (κ1) is 73.9. The lowest BCUT2D eigenvalue weighted by atomic mass is 9.98. The van der Waals surface area contributed by atoms with Crippen LogP contribution in [-0.2, 0) is 37.4 Å². The van der Waals surface area contributed by atoms with Crippen LogP contribution in [0.25, 0.3) is 0 Å². The molecule has 0 radical (unpaired) electrons. The van der Waals surface area contributed by atoms with Gasteiger partial charge in [-0.3, -0.25) is 13.8 Å². The molecule has 0 aromatic heterocycles. The molecule has 0 spiro atoms. The summed E-state index contributed by atoms with van der Waals surface area (Å²) < 4.78 is 46.1. The molecule has 2 fully saturated rings. The molecule has 2 rings (SSSR count). The number of carbonyl (C=O) groups is 1. The van der Waals surface area contributed by atoms with E-state index in [-0.39, 0.29) is 25.5 Å². The van der Waals surface area contributed by atoms with E-state index >= 15 is 0 Å². The first-order valence-corrected chi connectivity index (χ1v) is 33.0. The van der Waals surface area contributed by atoms with Crippen LogP contribution in [0.15, 0.2) is 12.2 Å². The third-order valence-corrected chi connectivity index (χ3v) is 16.6. The fourth-order valence-corrected chi connectivity index (χ4v) is 11.0. The Labute approximate surface area is 478 Å². The molecule has 0 aromatic rings. The number of phosphoric ester groups is 1. The zero-order valence-corrected chi connectivity index (χ0v) is 51.2. The van der Waals surface area contributed by atoms with Crippen LogP contribution in [-0.4, -0.2) is 179 Å². The zero-order chi connectivity index (χ0) is 58.3. The Bertz CT molecular complexity index is 1560. The lowest BCUT2D eigenvalue weighted by Crippen LogP contribution is -2.62. The minimum absolute atomic E-state index is 0.112. The van der Waals surface area contributed by atoms with Crippen LogP contribution in [0.2, 0.25) is 0 Å². The van der Waals surface area contributed by atoms with Gasteiger partial charge in [-0.25, -0.2) is 4.57 Å². The normalized spacial score (nSPS) is 25.8. The van der Waals surface area contributed by atoms with Gasteiger partial charge in [0, 0.05) is 6.42 Å². The van der Waals surface area contributed by atoms with E-state index in [9.17, 15) is 50.0 Å². The first-order chi connectivity index (χ1) is 37.8. The maximum absolute atomic E-state index is 13.3. The van der Waals surface area contributed by atoms with Crippen LogP contribution < -0.4 is 5.32 Å². The van der Waals surface area contributed by atoms with Gasteiger partial charge < -0.3 is 69.4 Å². The summed E-state index contributed by atoms with van der Waals surface area (Å²) in [4.78, 5) is 23.5. The topological polar surface area (TPSA) is 263 Å². The number of aliphatic hydroxyl groups excluding tert-OH is 7. The fraction of sp³-hybridized carbons (Fsp3) is 0.950. The van der Waals surface area contributed by atoms with E-state index in [2.05, 4.69) is 26.1 Å². The number of quaternary nitrogens is 1. The van der Waals surface area contributed by atoms with E-state index in [1.165, 1.54) is 154 Å². The summed E-state index contributed by atoms with van der Waals surface area (Å²) >= 11 is 0. The Kier molecular flexibility index (Phi) is 41.5. The third kappa shape index (κ3) is 35.0. The van der Waals surface area contributed by atoms with E-state index < -0.39 is 94.6 Å². The molecule has 0 saturated carbocycles. The molecule has 0 bridgehead atoms. The predicted molar refractivity (Wildman–Crippen MR) is 310 cm³/mol. The molecule has 2 aliphatic heterocycles. The van der Waals surface area contributed by atoms with Gasteiger partial charge in [0.2, 0.25) is 5.91 Å². The van der Waals surface area contributed by atoms with Crippen molar-refractivity contribution in [2.75, 3.05) is 54.1 Å². The lowest BCUT2D eigenvalue weighted by Gasteiger charge is -2.43. The van der Waals surface area contributed by atoms with Crippen molar-refractivity contribution >= 4 is 13.7 Å². The van der Waals surface area contributed by atoms with Crippen molar-refractivity contribution in [2.45, 2.75) is 306 Å². The van der Waals surface area contributed by atoms with Gasteiger partial charge in [0.1, 0.15) is 62.0 Å². The molecule has 9 N–H and O–H groups in total. The summed E-state index contributed by atoms with van der Waals surface area (Å²) in [5.74, 6) is 0.541. The van der Waals surface area contributed by atoms with E-state index in [0.717, 1.165) is 50.9 Å². The van der Waals surface area contributed by atoms with Crippen molar-refractivity contribution in [3.8, 4) is 0 Å². The minimum atomic E-state index is -4.61. The summed E-state index contributed by atoms with van der Waals surface area (Å²) in [5.41, 5.74) is 0. The van der Waals surface area contributed by atoms with Gasteiger partial charge in [-0.05, 0) is 25.2 Å². The Balaban J connectivity index is 1.88. The molecule has 2 heterocycles. The van der Waals surface area contributed by atoms with E-state index in [1.54, 1.807) is 6.08 Å². The van der Waals surface area contributed by atoms with Crippen molar-refractivity contribution in [3.05, 3.63) is 12.2 Å². The predicted octanol–water partition coefficient (Wildman–Crippen LogP) is 9.43. The molecule has 1 amide bonds. The molecule has 0 aliphatic carbocycles. The van der Waals surface area contributed by atoms with Crippen molar-refractivity contribution in [1.82, 2.24) is 5.32 Å². The monoisotopic (exact) mass is 1150 g/mol. The van der Waals surface area contributed by atoms with Gasteiger partial charge in [-0.2, -0.15) is 0 Å². The Morgan fingerprint density at radius 1 is 0.570 bits per heavy atom. The molecule has 79 heavy (non-hydrogen) atoms. The van der Waals surface area contributed by atoms with Gasteiger partial charge in [-0.15, -0.1) is 0 Å². The summed E-state index contributed by atoms with van der Waals surface area (Å²) in [7, 11) is 0.994. The number of unbranched alkanes of at least 4 members (excludes halogenated alkanes) is 27. The Morgan fingerprint density at radius 3 is 1.49 bits per heavy atom. The molecule has 18 nitrogen and oxygen atoms in total. The van der Waals surface area contributed by atoms with Crippen LogP contribution in [0, 0.1) is 5.92 Å². The van der Waals surface area contributed by atoms with Crippen molar-refractivity contribution < 1.29 is 82.5 Å².